The van der Waals surface area contributed by atoms with Crippen LogP contribution in [0.1, 0.15) is 32.4 Å². The van der Waals surface area contributed by atoms with E-state index in [1.54, 1.807) is 6.26 Å². The van der Waals surface area contributed by atoms with Crippen molar-refractivity contribution in [3.8, 4) is 10.8 Å². The number of carbonyl (C=O) groups is 1. The summed E-state index contributed by atoms with van der Waals surface area (Å²) in [5, 5.41) is 17.6. The molecule has 0 saturated carbocycles. The molecule has 2 aromatic rings. The number of nitrogens with zero attached hydrogens (tertiary/aromatic N) is 1. The Balaban J connectivity index is 1.86. The van der Waals surface area contributed by atoms with Gasteiger partial charge in [-0.25, -0.2) is 9.78 Å². The average Bonchev–Trinajstić information content (AvgIpc) is 3.16. The Kier molecular flexibility index (Phi) is 5.57. The Bertz CT molecular complexity index is 597. The Hall–Kier alpha value is -1.86. The summed E-state index contributed by atoms with van der Waals surface area (Å²) in [7, 11) is 0. The van der Waals surface area contributed by atoms with Crippen LogP contribution in [0.15, 0.2) is 28.2 Å². The molecule has 3 N–H and O–H groups in total. The molecular formula is C15H21N3O3S. The van der Waals surface area contributed by atoms with Crippen LogP contribution in [0.4, 0.5) is 4.79 Å². The number of thiazole rings is 1. The van der Waals surface area contributed by atoms with Crippen LogP contribution in [0.3, 0.4) is 0 Å². The van der Waals surface area contributed by atoms with Gasteiger partial charge in [-0.15, -0.1) is 11.3 Å². The molecule has 120 valence electrons. The summed E-state index contributed by atoms with van der Waals surface area (Å²) < 4.78 is 5.29. The average molecular weight is 323 g/mol. The molecule has 2 amide bonds. The van der Waals surface area contributed by atoms with E-state index in [0.29, 0.717) is 6.54 Å². The van der Waals surface area contributed by atoms with Crippen molar-refractivity contribution < 1.29 is 14.3 Å². The van der Waals surface area contributed by atoms with Crippen molar-refractivity contribution in [2.45, 2.75) is 38.8 Å². The molecule has 0 aliphatic rings. The van der Waals surface area contributed by atoms with E-state index in [1.807, 2.05) is 31.4 Å². The second-order valence-corrected chi connectivity index (χ2v) is 6.26. The zero-order valence-electron chi connectivity index (χ0n) is 12.8. The van der Waals surface area contributed by atoms with Crippen LogP contribution < -0.4 is 10.6 Å². The topological polar surface area (TPSA) is 87.4 Å². The maximum atomic E-state index is 11.9. The quantitative estimate of drug-likeness (QED) is 0.731. The van der Waals surface area contributed by atoms with Crippen molar-refractivity contribution in [3.05, 3.63) is 29.5 Å². The van der Waals surface area contributed by atoms with E-state index in [4.69, 9.17) is 4.42 Å². The fourth-order valence-electron chi connectivity index (χ4n) is 2.12. The number of hydrogen-bond acceptors (Lipinski definition) is 5. The first-order chi connectivity index (χ1) is 10.6. The molecule has 0 bridgehead atoms. The number of aliphatic hydroxyl groups excluding tert-OH is 1. The molecule has 0 fully saturated rings. The minimum atomic E-state index is -0.597. The molecular weight excluding hydrogens is 302 g/mol. The molecule has 6 nitrogen and oxygen atoms in total. The van der Waals surface area contributed by atoms with Gasteiger partial charge < -0.3 is 20.2 Å². The Morgan fingerprint density at radius 3 is 3.00 bits per heavy atom. The van der Waals surface area contributed by atoms with Gasteiger partial charge in [0, 0.05) is 5.38 Å². The van der Waals surface area contributed by atoms with Gasteiger partial charge in [0.2, 0.25) is 0 Å². The summed E-state index contributed by atoms with van der Waals surface area (Å²) in [6.45, 7) is 4.08. The largest absolute Gasteiger partial charge is 0.462 e. The normalized spacial score (nSPS) is 13.6. The molecule has 0 radical (unpaired) electrons. The van der Waals surface area contributed by atoms with Crippen molar-refractivity contribution >= 4 is 17.4 Å². The molecule has 0 saturated heterocycles. The van der Waals surface area contributed by atoms with Crippen molar-refractivity contribution in [2.24, 2.45) is 0 Å². The third-order valence-corrected chi connectivity index (χ3v) is 4.19. The minimum Gasteiger partial charge on any atom is -0.462 e. The summed E-state index contributed by atoms with van der Waals surface area (Å²) in [6, 6.07) is 3.35. The molecule has 0 aliphatic carbocycles. The maximum Gasteiger partial charge on any atom is 0.315 e. The zero-order chi connectivity index (χ0) is 16.0. The van der Waals surface area contributed by atoms with Crippen LogP contribution in [0.5, 0.6) is 0 Å². The van der Waals surface area contributed by atoms with Gasteiger partial charge in [0.15, 0.2) is 10.8 Å². The number of nitrogens with one attached hydrogen (secondary N) is 2. The number of aliphatic hydroxyl groups is 1. The van der Waals surface area contributed by atoms with Crippen molar-refractivity contribution in [1.82, 2.24) is 15.6 Å². The van der Waals surface area contributed by atoms with Gasteiger partial charge in [0.05, 0.1) is 30.6 Å². The fourth-order valence-corrected chi connectivity index (χ4v) is 2.91. The zero-order valence-corrected chi connectivity index (χ0v) is 13.6. The van der Waals surface area contributed by atoms with Gasteiger partial charge in [-0.2, -0.15) is 0 Å². The van der Waals surface area contributed by atoms with E-state index in [1.165, 1.54) is 11.3 Å². The van der Waals surface area contributed by atoms with Crippen molar-refractivity contribution in [1.29, 1.82) is 0 Å². The van der Waals surface area contributed by atoms with Crippen LogP contribution in [-0.2, 0) is 6.54 Å². The van der Waals surface area contributed by atoms with Crippen LogP contribution in [0.25, 0.3) is 10.8 Å². The van der Waals surface area contributed by atoms with Crippen LogP contribution in [-0.4, -0.2) is 28.3 Å². The van der Waals surface area contributed by atoms with Crippen LogP contribution in [0.2, 0.25) is 0 Å². The third kappa shape index (κ3) is 4.32. The second kappa shape index (κ2) is 7.42. The fraction of sp³-hybridized carbons (Fsp3) is 0.467. The van der Waals surface area contributed by atoms with Gasteiger partial charge in [-0.05, 0) is 25.5 Å². The number of carbonyl (C=O) groups excluding carboxylic acids is 1. The number of furan rings is 1. The lowest BCUT2D eigenvalue weighted by Gasteiger charge is -2.28. The highest BCUT2D eigenvalue weighted by Crippen LogP contribution is 2.23. The Morgan fingerprint density at radius 1 is 1.55 bits per heavy atom. The van der Waals surface area contributed by atoms with Crippen LogP contribution >= 0.6 is 11.3 Å². The number of hydrogen-bond donors (Lipinski definition) is 3. The Labute approximate surface area is 133 Å². The number of rotatable bonds is 7. The highest BCUT2D eigenvalue weighted by atomic mass is 32.1. The van der Waals surface area contributed by atoms with Gasteiger partial charge in [0.25, 0.3) is 0 Å². The van der Waals surface area contributed by atoms with E-state index >= 15 is 0 Å². The lowest BCUT2D eigenvalue weighted by atomic mass is 9.98. The highest BCUT2D eigenvalue weighted by molar-refractivity contribution is 7.13. The molecule has 0 aliphatic heterocycles. The molecule has 0 aromatic carbocycles. The predicted molar refractivity (Wildman–Crippen MR) is 85.6 cm³/mol. The molecule has 1 unspecified atom stereocenters. The lowest BCUT2D eigenvalue weighted by Crippen LogP contribution is -2.52. The highest BCUT2D eigenvalue weighted by Gasteiger charge is 2.24. The molecule has 1 atom stereocenters. The summed E-state index contributed by atoms with van der Waals surface area (Å²) in [4.78, 5) is 16.3. The summed E-state index contributed by atoms with van der Waals surface area (Å²) >= 11 is 1.47. The first kappa shape index (κ1) is 16.5. The van der Waals surface area contributed by atoms with E-state index in [2.05, 4.69) is 15.6 Å². The maximum absolute atomic E-state index is 11.9. The van der Waals surface area contributed by atoms with E-state index in [0.717, 1.165) is 29.3 Å². The van der Waals surface area contributed by atoms with Gasteiger partial charge in [-0.3, -0.25) is 0 Å². The molecule has 2 rings (SSSR count). The molecule has 22 heavy (non-hydrogen) atoms. The van der Waals surface area contributed by atoms with E-state index in [-0.39, 0.29) is 12.6 Å². The first-order valence-electron chi connectivity index (χ1n) is 7.21. The predicted octanol–water partition coefficient (Wildman–Crippen LogP) is 2.75. The molecule has 2 heterocycles. The summed E-state index contributed by atoms with van der Waals surface area (Å²) in [6.07, 6.45) is 3.21. The molecule has 2 aromatic heterocycles. The van der Waals surface area contributed by atoms with Crippen LogP contribution in [0, 0.1) is 0 Å². The SMILES string of the molecule is CCCC(C)(CO)NC(=O)NCc1csc(-c2ccco2)n1. The number of amides is 2. The standard InChI is InChI=1S/C15H21N3O3S/c1-3-6-15(2,10-19)18-14(20)16-8-11-9-22-13(17-11)12-5-4-7-21-12/h4-5,7,9,19H,3,6,8,10H2,1-2H3,(H2,16,18,20). The monoisotopic (exact) mass is 323 g/mol. The van der Waals surface area contributed by atoms with E-state index in [9.17, 15) is 9.90 Å². The smallest absolute Gasteiger partial charge is 0.315 e. The number of aromatic nitrogens is 1. The number of urea groups is 1. The first-order valence-corrected chi connectivity index (χ1v) is 8.09. The minimum absolute atomic E-state index is 0.0897. The van der Waals surface area contributed by atoms with Gasteiger partial charge in [0.1, 0.15) is 0 Å². The second-order valence-electron chi connectivity index (χ2n) is 5.40. The lowest BCUT2D eigenvalue weighted by molar-refractivity contribution is 0.163. The van der Waals surface area contributed by atoms with Gasteiger partial charge in [-0.1, -0.05) is 13.3 Å². The molecule has 0 spiro atoms. The van der Waals surface area contributed by atoms with Crippen molar-refractivity contribution in [2.75, 3.05) is 6.61 Å². The Morgan fingerprint density at radius 2 is 2.36 bits per heavy atom. The van der Waals surface area contributed by atoms with E-state index < -0.39 is 5.54 Å². The molecule has 7 heteroatoms. The summed E-state index contributed by atoms with van der Waals surface area (Å²) in [5.41, 5.74) is 0.174. The summed E-state index contributed by atoms with van der Waals surface area (Å²) in [5.74, 6) is 0.719. The third-order valence-electron chi connectivity index (χ3n) is 3.28. The van der Waals surface area contributed by atoms with Crippen molar-refractivity contribution in [3.63, 3.8) is 0 Å². The van der Waals surface area contributed by atoms with Gasteiger partial charge >= 0.3 is 6.03 Å².